The molecule has 1 aromatic rings. The average Bonchev–Trinajstić information content (AvgIpc) is 3.24. The molecule has 1 heterocycles. The number of hydrogen-bond acceptors (Lipinski definition) is 4. The van der Waals surface area contributed by atoms with E-state index in [-0.39, 0.29) is 5.41 Å². The van der Waals surface area contributed by atoms with E-state index in [1.807, 2.05) is 0 Å². The number of hydrogen-bond donors (Lipinski definition) is 2. The maximum Gasteiger partial charge on any atom is 0.191 e. The number of guanidine groups is 1. The first-order valence-electron chi connectivity index (χ1n) is 9.54. The Morgan fingerprint density at radius 2 is 2.16 bits per heavy atom. The molecule has 0 radical (unpaired) electrons. The summed E-state index contributed by atoms with van der Waals surface area (Å²) in [4.78, 5) is 9.36. The second-order valence-corrected chi connectivity index (χ2v) is 8.63. The lowest BCUT2D eigenvalue weighted by Crippen LogP contribution is -2.38. The van der Waals surface area contributed by atoms with Gasteiger partial charge in [-0.25, -0.2) is 4.98 Å². The maximum absolute atomic E-state index is 5.65. The fraction of sp³-hybridized carbons (Fsp3) is 0.789. The molecule has 25 heavy (non-hydrogen) atoms. The van der Waals surface area contributed by atoms with E-state index in [4.69, 9.17) is 9.72 Å². The Morgan fingerprint density at radius 1 is 1.36 bits per heavy atom. The van der Waals surface area contributed by atoms with E-state index in [0.29, 0.717) is 0 Å². The summed E-state index contributed by atoms with van der Waals surface area (Å²) in [5.41, 5.74) is 1.31. The predicted octanol–water partition coefficient (Wildman–Crippen LogP) is 3.35. The third-order valence-corrected chi connectivity index (χ3v) is 4.97. The summed E-state index contributed by atoms with van der Waals surface area (Å²) in [5.74, 6) is 1.73. The van der Waals surface area contributed by atoms with Crippen molar-refractivity contribution in [2.24, 2.45) is 10.9 Å². The van der Waals surface area contributed by atoms with E-state index in [2.05, 4.69) is 48.7 Å². The summed E-state index contributed by atoms with van der Waals surface area (Å²) in [6.45, 7) is 13.0. The minimum atomic E-state index is 0.125. The largest absolute Gasteiger partial charge is 0.381 e. The van der Waals surface area contributed by atoms with Crippen LogP contribution in [0.25, 0.3) is 0 Å². The van der Waals surface area contributed by atoms with Gasteiger partial charge in [-0.15, -0.1) is 11.3 Å². The molecule has 0 spiro atoms. The van der Waals surface area contributed by atoms with Crippen LogP contribution in [0, 0.1) is 5.92 Å². The number of nitrogens with one attached hydrogen (secondary N) is 2. The lowest BCUT2D eigenvalue weighted by Gasteiger charge is -2.14. The third-order valence-electron chi connectivity index (χ3n) is 4.06. The van der Waals surface area contributed by atoms with E-state index in [1.165, 1.54) is 23.5 Å². The van der Waals surface area contributed by atoms with Gasteiger partial charge in [-0.1, -0.05) is 20.8 Å². The third kappa shape index (κ3) is 8.19. The highest BCUT2D eigenvalue weighted by atomic mass is 32.1. The summed E-state index contributed by atoms with van der Waals surface area (Å²) in [6.07, 6.45) is 4.60. The van der Waals surface area contributed by atoms with Gasteiger partial charge in [0, 0.05) is 50.1 Å². The summed E-state index contributed by atoms with van der Waals surface area (Å²) in [6, 6.07) is 0. The normalized spacial score (nSPS) is 15.4. The summed E-state index contributed by atoms with van der Waals surface area (Å²) in [5, 5.41) is 10.1. The van der Waals surface area contributed by atoms with Gasteiger partial charge in [0.1, 0.15) is 0 Å². The Bertz CT molecular complexity index is 532. The van der Waals surface area contributed by atoms with Gasteiger partial charge in [0.25, 0.3) is 0 Å². The molecule has 1 aromatic heterocycles. The molecular formula is C19H34N4OS. The van der Waals surface area contributed by atoms with Crippen LogP contribution in [0.2, 0.25) is 0 Å². The van der Waals surface area contributed by atoms with Crippen molar-refractivity contribution in [3.05, 3.63) is 16.1 Å². The Hall–Kier alpha value is -1.14. The number of aromatic nitrogens is 1. The van der Waals surface area contributed by atoms with Gasteiger partial charge in [0.05, 0.1) is 10.7 Å². The van der Waals surface area contributed by atoms with Gasteiger partial charge < -0.3 is 15.4 Å². The zero-order valence-corrected chi connectivity index (χ0v) is 17.0. The predicted molar refractivity (Wildman–Crippen MR) is 107 cm³/mol. The number of nitrogens with zero attached hydrogens (tertiary/aromatic N) is 2. The molecule has 6 heteroatoms. The smallest absolute Gasteiger partial charge is 0.191 e. The highest BCUT2D eigenvalue weighted by molar-refractivity contribution is 7.09. The van der Waals surface area contributed by atoms with Crippen LogP contribution in [0.4, 0.5) is 0 Å². The molecular weight excluding hydrogens is 332 g/mol. The fourth-order valence-corrected chi connectivity index (χ4v) is 3.32. The van der Waals surface area contributed by atoms with Crippen LogP contribution in [-0.4, -0.2) is 43.8 Å². The molecule has 0 saturated heterocycles. The Balaban J connectivity index is 1.65. The molecule has 0 bridgehead atoms. The highest BCUT2D eigenvalue weighted by Gasteiger charge is 2.20. The molecule has 2 rings (SSSR count). The van der Waals surface area contributed by atoms with Crippen molar-refractivity contribution in [3.63, 3.8) is 0 Å². The molecule has 1 aliphatic rings. The highest BCUT2D eigenvalue weighted by Crippen LogP contribution is 2.28. The van der Waals surface area contributed by atoms with Gasteiger partial charge in [0.15, 0.2) is 5.96 Å². The average molecular weight is 367 g/mol. The maximum atomic E-state index is 5.65. The van der Waals surface area contributed by atoms with Crippen LogP contribution in [0.15, 0.2) is 10.4 Å². The van der Waals surface area contributed by atoms with Gasteiger partial charge >= 0.3 is 0 Å². The zero-order valence-electron chi connectivity index (χ0n) is 16.2. The molecule has 1 saturated carbocycles. The number of thiazole rings is 1. The Kier molecular flexibility index (Phi) is 8.16. The van der Waals surface area contributed by atoms with Crippen LogP contribution in [0.3, 0.4) is 0 Å². The fourth-order valence-electron chi connectivity index (χ4n) is 2.29. The molecule has 0 atom stereocenters. The van der Waals surface area contributed by atoms with Crippen LogP contribution >= 0.6 is 11.3 Å². The molecule has 1 aliphatic carbocycles. The van der Waals surface area contributed by atoms with E-state index in [9.17, 15) is 0 Å². The van der Waals surface area contributed by atoms with Crippen molar-refractivity contribution >= 4 is 17.3 Å². The lowest BCUT2D eigenvalue weighted by molar-refractivity contribution is 0.123. The van der Waals surface area contributed by atoms with Crippen LogP contribution < -0.4 is 10.6 Å². The molecule has 1 fully saturated rings. The standard InChI is InChI=1S/C19H34N4OS/c1-5-20-18(21-10-6-12-24-13-15-7-8-15)22-11-9-17-23-16(14-25-17)19(2,3)4/h14-15H,5-13H2,1-4H3,(H2,20,21,22). The van der Waals surface area contributed by atoms with E-state index in [1.54, 1.807) is 11.3 Å². The van der Waals surface area contributed by atoms with Crippen molar-refractivity contribution in [2.45, 2.75) is 58.8 Å². The van der Waals surface area contributed by atoms with Gasteiger partial charge in [0.2, 0.25) is 0 Å². The van der Waals surface area contributed by atoms with Gasteiger partial charge in [-0.3, -0.25) is 4.99 Å². The first-order valence-corrected chi connectivity index (χ1v) is 10.4. The van der Waals surface area contributed by atoms with Crippen molar-refractivity contribution in [2.75, 3.05) is 32.8 Å². The number of rotatable bonds is 10. The van der Waals surface area contributed by atoms with E-state index < -0.39 is 0 Å². The lowest BCUT2D eigenvalue weighted by atomic mass is 9.93. The summed E-state index contributed by atoms with van der Waals surface area (Å²) in [7, 11) is 0. The SMILES string of the molecule is CCNC(=NCCCOCC1CC1)NCCc1nc(C(C)(C)C)cs1. The van der Waals surface area contributed by atoms with Crippen molar-refractivity contribution in [3.8, 4) is 0 Å². The quantitative estimate of drug-likeness (QED) is 0.379. The second-order valence-electron chi connectivity index (χ2n) is 7.69. The van der Waals surface area contributed by atoms with E-state index in [0.717, 1.165) is 57.6 Å². The van der Waals surface area contributed by atoms with Gasteiger partial charge in [-0.05, 0) is 32.1 Å². The molecule has 142 valence electrons. The second kappa shape index (κ2) is 10.1. The summed E-state index contributed by atoms with van der Waals surface area (Å²) < 4.78 is 5.65. The van der Waals surface area contributed by atoms with Crippen molar-refractivity contribution in [1.82, 2.24) is 15.6 Å². The molecule has 0 amide bonds. The molecule has 0 aliphatic heterocycles. The molecule has 0 aromatic carbocycles. The zero-order chi connectivity index (χ0) is 18.1. The van der Waals surface area contributed by atoms with Crippen LogP contribution in [-0.2, 0) is 16.6 Å². The van der Waals surface area contributed by atoms with Crippen molar-refractivity contribution < 1.29 is 4.74 Å². The Morgan fingerprint density at radius 3 is 2.80 bits per heavy atom. The molecule has 5 nitrogen and oxygen atoms in total. The Labute approximate surface area is 156 Å². The number of ether oxygens (including phenoxy) is 1. The molecule has 0 unspecified atom stereocenters. The van der Waals surface area contributed by atoms with E-state index >= 15 is 0 Å². The molecule has 2 N–H and O–H groups in total. The monoisotopic (exact) mass is 366 g/mol. The summed E-state index contributed by atoms with van der Waals surface area (Å²) >= 11 is 1.75. The minimum Gasteiger partial charge on any atom is -0.381 e. The van der Waals surface area contributed by atoms with Crippen LogP contribution in [0.1, 0.15) is 57.7 Å². The van der Waals surface area contributed by atoms with Gasteiger partial charge in [-0.2, -0.15) is 0 Å². The first kappa shape index (κ1) is 20.2. The topological polar surface area (TPSA) is 58.5 Å². The first-order chi connectivity index (χ1) is 12.0. The van der Waals surface area contributed by atoms with Crippen molar-refractivity contribution in [1.29, 1.82) is 0 Å². The number of aliphatic imine (C=N–C) groups is 1. The van der Waals surface area contributed by atoms with Crippen LogP contribution in [0.5, 0.6) is 0 Å². The minimum absolute atomic E-state index is 0.125.